The van der Waals surface area contributed by atoms with E-state index in [4.69, 9.17) is 25.2 Å². The molecule has 5 rings (SSSR count). The Morgan fingerprint density at radius 1 is 0.946 bits per heavy atom. The molecule has 0 aliphatic carbocycles. The van der Waals surface area contributed by atoms with Gasteiger partial charge in [0.15, 0.2) is 17.1 Å². The molecular weight excluding hydrogens is 466 g/mol. The van der Waals surface area contributed by atoms with Gasteiger partial charge in [0.05, 0.1) is 30.9 Å². The molecule has 3 N–H and O–H groups in total. The SMILES string of the molecule is COc1ccc(-n2c(N)c(C(=O)N[C@H](C)CCc3ccccc3)c3nc4ccccc4nc32)cc1OC. The number of para-hydroxylation sites is 2. The first kappa shape index (κ1) is 24.1. The third-order valence-electron chi connectivity index (χ3n) is 6.44. The maximum atomic E-state index is 13.6. The quantitative estimate of drug-likeness (QED) is 0.317. The van der Waals surface area contributed by atoms with E-state index in [2.05, 4.69) is 17.4 Å². The van der Waals surface area contributed by atoms with Gasteiger partial charge in [0.1, 0.15) is 16.9 Å². The van der Waals surface area contributed by atoms with Crippen molar-refractivity contribution in [2.24, 2.45) is 0 Å². The van der Waals surface area contributed by atoms with Gasteiger partial charge >= 0.3 is 0 Å². The van der Waals surface area contributed by atoms with Crippen molar-refractivity contribution in [1.82, 2.24) is 19.9 Å². The molecule has 8 heteroatoms. The van der Waals surface area contributed by atoms with Gasteiger partial charge in [-0.3, -0.25) is 9.36 Å². The Kier molecular flexibility index (Phi) is 6.64. The fourth-order valence-electron chi connectivity index (χ4n) is 4.51. The summed E-state index contributed by atoms with van der Waals surface area (Å²) in [5.41, 5.74) is 11.2. The maximum Gasteiger partial charge on any atom is 0.257 e. The van der Waals surface area contributed by atoms with E-state index >= 15 is 0 Å². The van der Waals surface area contributed by atoms with Crippen molar-refractivity contribution >= 4 is 33.9 Å². The van der Waals surface area contributed by atoms with E-state index in [1.54, 1.807) is 30.9 Å². The number of nitrogen functional groups attached to an aromatic ring is 1. The predicted octanol–water partition coefficient (Wildman–Crippen LogP) is 4.92. The highest BCUT2D eigenvalue weighted by molar-refractivity contribution is 6.11. The largest absolute Gasteiger partial charge is 0.493 e. The van der Waals surface area contributed by atoms with Gasteiger partial charge in [-0.2, -0.15) is 0 Å². The minimum Gasteiger partial charge on any atom is -0.493 e. The van der Waals surface area contributed by atoms with Gasteiger partial charge in [0.25, 0.3) is 5.91 Å². The van der Waals surface area contributed by atoms with Crippen LogP contribution in [0.5, 0.6) is 11.5 Å². The van der Waals surface area contributed by atoms with Gasteiger partial charge in [0.2, 0.25) is 0 Å². The second-order valence-corrected chi connectivity index (χ2v) is 8.92. The summed E-state index contributed by atoms with van der Waals surface area (Å²) in [6.07, 6.45) is 1.65. The van der Waals surface area contributed by atoms with E-state index in [-0.39, 0.29) is 17.8 Å². The standard InChI is InChI=1S/C29H29N5O3/c1-18(13-14-19-9-5-4-6-10-19)31-29(35)25-26-28(33-22-12-8-7-11-21(22)32-26)34(27(25)30)20-15-16-23(36-2)24(17-20)37-3/h4-12,15-18H,13-14,30H2,1-3H3,(H,31,35)/t18-/m1/s1. The highest BCUT2D eigenvalue weighted by Gasteiger charge is 2.26. The van der Waals surface area contributed by atoms with Crippen LogP contribution in [0.1, 0.15) is 29.3 Å². The van der Waals surface area contributed by atoms with Crippen LogP contribution in [-0.2, 0) is 6.42 Å². The Morgan fingerprint density at radius 3 is 2.32 bits per heavy atom. The first-order chi connectivity index (χ1) is 18.0. The average Bonchev–Trinajstić information content (AvgIpc) is 3.21. The Morgan fingerprint density at radius 2 is 1.62 bits per heavy atom. The summed E-state index contributed by atoms with van der Waals surface area (Å²) in [4.78, 5) is 23.2. The molecule has 3 aromatic carbocycles. The van der Waals surface area contributed by atoms with Crippen LogP contribution in [0.4, 0.5) is 5.82 Å². The zero-order valence-electron chi connectivity index (χ0n) is 21.1. The van der Waals surface area contributed by atoms with Crippen LogP contribution >= 0.6 is 0 Å². The number of nitrogens with one attached hydrogen (secondary N) is 1. The Balaban J connectivity index is 1.57. The van der Waals surface area contributed by atoms with Crippen LogP contribution in [-0.4, -0.2) is 40.7 Å². The predicted molar refractivity (Wildman–Crippen MR) is 146 cm³/mol. The zero-order valence-corrected chi connectivity index (χ0v) is 21.1. The molecule has 0 bridgehead atoms. The number of methoxy groups -OCH3 is 2. The average molecular weight is 496 g/mol. The van der Waals surface area contributed by atoms with E-state index < -0.39 is 0 Å². The van der Waals surface area contributed by atoms with Crippen molar-refractivity contribution in [2.45, 2.75) is 25.8 Å². The fraction of sp³-hybridized carbons (Fsp3) is 0.207. The monoisotopic (exact) mass is 495 g/mol. The Bertz CT molecular complexity index is 1580. The highest BCUT2D eigenvalue weighted by Crippen LogP contribution is 2.35. The number of benzene rings is 3. The number of carbonyl (C=O) groups excluding carboxylic acids is 1. The number of aromatic nitrogens is 3. The number of hydrogen-bond donors (Lipinski definition) is 2. The molecule has 0 saturated heterocycles. The van der Waals surface area contributed by atoms with Crippen molar-refractivity contribution in [3.63, 3.8) is 0 Å². The number of fused-ring (bicyclic) bond motifs is 2. The molecule has 8 nitrogen and oxygen atoms in total. The lowest BCUT2D eigenvalue weighted by Crippen LogP contribution is -2.33. The summed E-state index contributed by atoms with van der Waals surface area (Å²) in [6.45, 7) is 1.99. The molecule has 37 heavy (non-hydrogen) atoms. The molecular formula is C29H29N5O3. The molecule has 2 aromatic heterocycles. The first-order valence-electron chi connectivity index (χ1n) is 12.1. The third-order valence-corrected chi connectivity index (χ3v) is 6.44. The van der Waals surface area contributed by atoms with E-state index in [9.17, 15) is 4.79 Å². The fourth-order valence-corrected chi connectivity index (χ4v) is 4.51. The molecule has 0 aliphatic heterocycles. The smallest absolute Gasteiger partial charge is 0.257 e. The van der Waals surface area contributed by atoms with Gasteiger partial charge in [0, 0.05) is 12.1 Å². The summed E-state index contributed by atoms with van der Waals surface area (Å²) in [7, 11) is 3.15. The van der Waals surface area contributed by atoms with Crippen LogP contribution in [0.25, 0.3) is 27.9 Å². The lowest BCUT2D eigenvalue weighted by atomic mass is 10.1. The summed E-state index contributed by atoms with van der Waals surface area (Å²) >= 11 is 0. The highest BCUT2D eigenvalue weighted by atomic mass is 16.5. The van der Waals surface area contributed by atoms with Crippen molar-refractivity contribution in [2.75, 3.05) is 20.0 Å². The van der Waals surface area contributed by atoms with E-state index in [1.807, 2.05) is 55.5 Å². The minimum absolute atomic E-state index is 0.0694. The number of amides is 1. The van der Waals surface area contributed by atoms with E-state index in [0.717, 1.165) is 12.8 Å². The number of hydrogen-bond acceptors (Lipinski definition) is 6. The number of anilines is 1. The second-order valence-electron chi connectivity index (χ2n) is 8.92. The summed E-state index contributed by atoms with van der Waals surface area (Å²) < 4.78 is 12.6. The molecule has 188 valence electrons. The maximum absolute atomic E-state index is 13.6. The van der Waals surface area contributed by atoms with Crippen molar-refractivity contribution in [3.05, 3.63) is 83.9 Å². The van der Waals surface area contributed by atoms with Crippen molar-refractivity contribution in [1.29, 1.82) is 0 Å². The van der Waals surface area contributed by atoms with E-state index in [1.165, 1.54) is 5.56 Å². The van der Waals surface area contributed by atoms with Crippen LogP contribution in [0.2, 0.25) is 0 Å². The summed E-state index contributed by atoms with van der Waals surface area (Å²) in [6, 6.07) is 23.1. The van der Waals surface area contributed by atoms with Gasteiger partial charge < -0.3 is 20.5 Å². The van der Waals surface area contributed by atoms with Crippen LogP contribution < -0.4 is 20.5 Å². The lowest BCUT2D eigenvalue weighted by Gasteiger charge is -2.14. The molecule has 0 saturated carbocycles. The molecule has 0 radical (unpaired) electrons. The zero-order chi connectivity index (χ0) is 25.9. The second kappa shape index (κ2) is 10.2. The van der Waals surface area contributed by atoms with Crippen LogP contribution in [0.15, 0.2) is 72.8 Å². The van der Waals surface area contributed by atoms with Crippen molar-refractivity contribution in [3.8, 4) is 17.2 Å². The lowest BCUT2D eigenvalue weighted by molar-refractivity contribution is 0.0941. The first-order valence-corrected chi connectivity index (χ1v) is 12.1. The number of nitrogens with two attached hydrogens (primary N) is 1. The van der Waals surface area contributed by atoms with Crippen LogP contribution in [0.3, 0.4) is 0 Å². The number of carbonyl (C=O) groups is 1. The van der Waals surface area contributed by atoms with Crippen LogP contribution in [0, 0.1) is 0 Å². The summed E-state index contributed by atoms with van der Waals surface area (Å²) in [5, 5.41) is 3.11. The number of nitrogens with zero attached hydrogens (tertiary/aromatic N) is 3. The van der Waals surface area contributed by atoms with Gasteiger partial charge in [-0.15, -0.1) is 0 Å². The number of rotatable bonds is 8. The van der Waals surface area contributed by atoms with Gasteiger partial charge in [-0.1, -0.05) is 42.5 Å². The molecule has 0 aliphatic rings. The summed E-state index contributed by atoms with van der Waals surface area (Å²) in [5.74, 6) is 1.09. The molecule has 5 aromatic rings. The molecule has 0 spiro atoms. The van der Waals surface area contributed by atoms with Crippen molar-refractivity contribution < 1.29 is 14.3 Å². The Labute approximate surface area is 215 Å². The molecule has 0 fully saturated rings. The third kappa shape index (κ3) is 4.65. The molecule has 1 amide bonds. The van der Waals surface area contributed by atoms with E-state index in [0.29, 0.717) is 44.9 Å². The molecule has 1 atom stereocenters. The number of ether oxygens (including phenoxy) is 2. The normalized spacial score (nSPS) is 12.0. The van der Waals surface area contributed by atoms with Gasteiger partial charge in [-0.25, -0.2) is 9.97 Å². The molecule has 2 heterocycles. The van der Waals surface area contributed by atoms with Gasteiger partial charge in [-0.05, 0) is 49.6 Å². The number of aryl methyl sites for hydroxylation is 1. The topological polar surface area (TPSA) is 104 Å². The Hall–Kier alpha value is -4.59. The minimum atomic E-state index is -0.285. The molecule has 0 unspecified atom stereocenters.